The summed E-state index contributed by atoms with van der Waals surface area (Å²) in [7, 11) is 0. The number of hydrogen-bond donors (Lipinski definition) is 1. The van der Waals surface area contributed by atoms with Crippen molar-refractivity contribution in [3.8, 4) is 6.07 Å². The number of hydrogen-bond acceptors (Lipinski definition) is 5. The van der Waals surface area contributed by atoms with Gasteiger partial charge in [0.25, 0.3) is 5.91 Å². The van der Waals surface area contributed by atoms with Gasteiger partial charge in [0.15, 0.2) is 0 Å². The van der Waals surface area contributed by atoms with Gasteiger partial charge in [-0.05, 0) is 63.3 Å². The molecular formula is C21H27N3O4. The van der Waals surface area contributed by atoms with E-state index in [4.69, 9.17) is 10.00 Å². The summed E-state index contributed by atoms with van der Waals surface area (Å²) in [5.74, 6) is -0.197. The van der Waals surface area contributed by atoms with Crippen LogP contribution < -0.4 is 5.32 Å². The quantitative estimate of drug-likeness (QED) is 0.726. The molecule has 1 aromatic rings. The van der Waals surface area contributed by atoms with Crippen LogP contribution in [0.15, 0.2) is 24.3 Å². The van der Waals surface area contributed by atoms with Crippen LogP contribution in [0.5, 0.6) is 0 Å². The second-order valence-corrected chi connectivity index (χ2v) is 7.00. The topological polar surface area (TPSA) is 99.5 Å². The molecule has 1 fully saturated rings. The largest absolute Gasteiger partial charge is 0.466 e. The first-order chi connectivity index (χ1) is 13.4. The average Bonchev–Trinajstić information content (AvgIpc) is 2.72. The molecule has 0 radical (unpaired) electrons. The lowest BCUT2D eigenvalue weighted by Gasteiger charge is -2.33. The van der Waals surface area contributed by atoms with Crippen LogP contribution in [0.2, 0.25) is 0 Å². The van der Waals surface area contributed by atoms with Crippen molar-refractivity contribution in [2.75, 3.05) is 19.7 Å². The van der Waals surface area contributed by atoms with E-state index in [0.29, 0.717) is 43.2 Å². The van der Waals surface area contributed by atoms with Gasteiger partial charge < -0.3 is 15.0 Å². The number of carbonyl (C=O) groups excluding carboxylic acids is 3. The zero-order chi connectivity index (χ0) is 20.5. The van der Waals surface area contributed by atoms with E-state index in [2.05, 4.69) is 5.32 Å². The maximum Gasteiger partial charge on any atom is 0.305 e. The van der Waals surface area contributed by atoms with E-state index >= 15 is 0 Å². The number of ether oxygens (including phenoxy) is 1. The number of nitrogens with one attached hydrogen (secondary N) is 1. The van der Waals surface area contributed by atoms with Crippen molar-refractivity contribution in [2.24, 2.45) is 5.92 Å². The Labute approximate surface area is 165 Å². The summed E-state index contributed by atoms with van der Waals surface area (Å²) in [5, 5.41) is 11.5. The highest BCUT2D eigenvalue weighted by Crippen LogP contribution is 2.22. The van der Waals surface area contributed by atoms with Crippen LogP contribution in [-0.2, 0) is 14.3 Å². The fraction of sp³-hybridized carbons (Fsp3) is 0.524. The molecule has 1 N–H and O–H groups in total. The smallest absolute Gasteiger partial charge is 0.305 e. The summed E-state index contributed by atoms with van der Waals surface area (Å²) >= 11 is 0. The zero-order valence-corrected chi connectivity index (χ0v) is 16.4. The fourth-order valence-corrected chi connectivity index (χ4v) is 3.31. The first-order valence-corrected chi connectivity index (χ1v) is 9.70. The molecule has 1 atom stereocenters. The molecule has 2 rings (SSSR count). The number of benzene rings is 1. The first-order valence-electron chi connectivity index (χ1n) is 9.70. The average molecular weight is 385 g/mol. The molecule has 28 heavy (non-hydrogen) atoms. The molecule has 0 aromatic heterocycles. The summed E-state index contributed by atoms with van der Waals surface area (Å²) in [4.78, 5) is 38.1. The molecule has 0 spiro atoms. The van der Waals surface area contributed by atoms with Gasteiger partial charge in [-0.1, -0.05) is 0 Å². The number of nitrogens with zero attached hydrogens (tertiary/aromatic N) is 2. The van der Waals surface area contributed by atoms with Crippen molar-refractivity contribution in [2.45, 2.75) is 45.6 Å². The molecule has 0 unspecified atom stereocenters. The third-order valence-corrected chi connectivity index (χ3v) is 4.98. The van der Waals surface area contributed by atoms with Crippen molar-refractivity contribution < 1.29 is 19.1 Å². The Morgan fingerprint density at radius 3 is 2.46 bits per heavy atom. The van der Waals surface area contributed by atoms with Crippen molar-refractivity contribution in [3.05, 3.63) is 35.4 Å². The Bertz CT molecular complexity index is 731. The second kappa shape index (κ2) is 10.5. The number of rotatable bonds is 7. The lowest BCUT2D eigenvalue weighted by Crippen LogP contribution is -2.49. The van der Waals surface area contributed by atoms with E-state index in [-0.39, 0.29) is 17.8 Å². The standard InChI is InChI=1S/C21H27N3O4/c1-3-28-19(25)9-6-16-10-12-24(13-11-16)21(27)15(2)23-20(26)18-7-4-17(14-22)5-8-18/h4-5,7-8,15-16H,3,6,9-13H2,1-2H3,(H,23,26)/t15-/m0/s1. The van der Waals surface area contributed by atoms with Crippen LogP contribution in [0.1, 0.15) is 55.5 Å². The van der Waals surface area contributed by atoms with E-state index in [1.807, 2.05) is 6.07 Å². The number of piperidine rings is 1. The van der Waals surface area contributed by atoms with E-state index in [0.717, 1.165) is 19.3 Å². The molecule has 1 aromatic carbocycles. The minimum absolute atomic E-state index is 0.106. The van der Waals surface area contributed by atoms with Gasteiger partial charge in [-0.3, -0.25) is 14.4 Å². The van der Waals surface area contributed by atoms with Crippen molar-refractivity contribution in [3.63, 3.8) is 0 Å². The Morgan fingerprint density at radius 2 is 1.89 bits per heavy atom. The molecule has 1 saturated heterocycles. The van der Waals surface area contributed by atoms with E-state index in [1.165, 1.54) is 0 Å². The van der Waals surface area contributed by atoms with Crippen LogP contribution in [-0.4, -0.2) is 48.4 Å². The normalized spacial score (nSPS) is 15.4. The number of likely N-dealkylation sites (tertiary alicyclic amines) is 1. The predicted octanol–water partition coefficient (Wildman–Crippen LogP) is 2.26. The van der Waals surface area contributed by atoms with E-state index in [9.17, 15) is 14.4 Å². The van der Waals surface area contributed by atoms with Gasteiger partial charge in [0.05, 0.1) is 18.2 Å². The summed E-state index contributed by atoms with van der Waals surface area (Å²) < 4.78 is 4.95. The maximum absolute atomic E-state index is 12.6. The molecule has 7 nitrogen and oxygen atoms in total. The summed E-state index contributed by atoms with van der Waals surface area (Å²) in [6.07, 6.45) is 2.90. The van der Waals surface area contributed by atoms with Gasteiger partial charge in [-0.25, -0.2) is 0 Å². The Kier molecular flexibility index (Phi) is 8.00. The van der Waals surface area contributed by atoms with Gasteiger partial charge in [0.1, 0.15) is 6.04 Å². The second-order valence-electron chi connectivity index (χ2n) is 7.00. The maximum atomic E-state index is 12.6. The molecule has 0 aliphatic carbocycles. The minimum Gasteiger partial charge on any atom is -0.466 e. The molecular weight excluding hydrogens is 358 g/mol. The zero-order valence-electron chi connectivity index (χ0n) is 16.4. The minimum atomic E-state index is -0.626. The van der Waals surface area contributed by atoms with Crippen LogP contribution >= 0.6 is 0 Å². The van der Waals surface area contributed by atoms with Gasteiger partial charge >= 0.3 is 5.97 Å². The number of amides is 2. The Morgan fingerprint density at radius 1 is 1.25 bits per heavy atom. The monoisotopic (exact) mass is 385 g/mol. The van der Waals surface area contributed by atoms with E-state index in [1.54, 1.807) is 43.0 Å². The van der Waals surface area contributed by atoms with Crippen molar-refractivity contribution >= 4 is 17.8 Å². The van der Waals surface area contributed by atoms with Crippen LogP contribution in [0.4, 0.5) is 0 Å². The SMILES string of the molecule is CCOC(=O)CCC1CCN(C(=O)[C@H](C)NC(=O)c2ccc(C#N)cc2)CC1. The molecule has 1 heterocycles. The molecule has 1 aliphatic rings. The molecule has 1 aliphatic heterocycles. The fourth-order valence-electron chi connectivity index (χ4n) is 3.31. The molecule has 2 amide bonds. The van der Waals surface area contributed by atoms with Crippen LogP contribution in [0.25, 0.3) is 0 Å². The lowest BCUT2D eigenvalue weighted by atomic mass is 9.92. The molecule has 150 valence electrons. The number of carbonyl (C=O) groups is 3. The van der Waals surface area contributed by atoms with Crippen molar-refractivity contribution in [1.29, 1.82) is 5.26 Å². The lowest BCUT2D eigenvalue weighted by molar-refractivity contribution is -0.143. The third kappa shape index (κ3) is 6.08. The van der Waals surface area contributed by atoms with Gasteiger partial charge in [0, 0.05) is 25.1 Å². The van der Waals surface area contributed by atoms with Gasteiger partial charge in [-0.2, -0.15) is 5.26 Å². The van der Waals surface area contributed by atoms with E-state index < -0.39 is 6.04 Å². The van der Waals surface area contributed by atoms with Gasteiger partial charge in [0.2, 0.25) is 5.91 Å². The molecule has 0 bridgehead atoms. The Hall–Kier alpha value is -2.88. The summed E-state index contributed by atoms with van der Waals surface area (Å²) in [6, 6.07) is 7.66. The Balaban J connectivity index is 1.78. The number of nitriles is 1. The predicted molar refractivity (Wildman–Crippen MR) is 103 cm³/mol. The highest BCUT2D eigenvalue weighted by molar-refractivity contribution is 5.97. The van der Waals surface area contributed by atoms with Crippen molar-refractivity contribution in [1.82, 2.24) is 10.2 Å². The first kappa shape index (κ1) is 21.4. The molecule has 0 saturated carbocycles. The summed E-state index contributed by atoms with van der Waals surface area (Å²) in [6.45, 7) is 5.13. The third-order valence-electron chi connectivity index (χ3n) is 4.98. The highest BCUT2D eigenvalue weighted by Gasteiger charge is 2.27. The summed E-state index contributed by atoms with van der Waals surface area (Å²) in [5.41, 5.74) is 0.892. The molecule has 7 heteroatoms. The van der Waals surface area contributed by atoms with Crippen LogP contribution in [0, 0.1) is 17.2 Å². The van der Waals surface area contributed by atoms with Crippen LogP contribution in [0.3, 0.4) is 0 Å². The van der Waals surface area contributed by atoms with Gasteiger partial charge in [-0.15, -0.1) is 0 Å². The number of esters is 1. The highest BCUT2D eigenvalue weighted by atomic mass is 16.5.